The number of amides is 1. The molecule has 1 aliphatic heterocycles. The lowest BCUT2D eigenvalue weighted by atomic mass is 10.1. The van der Waals surface area contributed by atoms with Crippen LogP contribution in [-0.4, -0.2) is 63.2 Å². The molecule has 6 nitrogen and oxygen atoms in total. The zero-order chi connectivity index (χ0) is 15.7. The van der Waals surface area contributed by atoms with Crippen LogP contribution in [0.4, 0.5) is 0 Å². The normalized spacial score (nSPS) is 19.4. The van der Waals surface area contributed by atoms with Gasteiger partial charge in [-0.05, 0) is 33.0 Å². The van der Waals surface area contributed by atoms with Crippen molar-refractivity contribution in [1.82, 2.24) is 24.6 Å². The van der Waals surface area contributed by atoms with Crippen molar-refractivity contribution < 1.29 is 4.79 Å². The zero-order valence-corrected chi connectivity index (χ0v) is 13.2. The van der Waals surface area contributed by atoms with E-state index in [4.69, 9.17) is 0 Å². The van der Waals surface area contributed by atoms with Gasteiger partial charge in [0, 0.05) is 31.9 Å². The third-order valence-corrected chi connectivity index (χ3v) is 4.20. The van der Waals surface area contributed by atoms with Crippen molar-refractivity contribution in [2.24, 2.45) is 0 Å². The summed E-state index contributed by atoms with van der Waals surface area (Å²) in [5.41, 5.74) is 1.48. The number of carbonyl (C=O) groups is 1. The summed E-state index contributed by atoms with van der Waals surface area (Å²) in [5.74, 6) is 0.783. The number of hydrogen-bond acceptors (Lipinski definition) is 4. The third-order valence-electron chi connectivity index (χ3n) is 4.20. The van der Waals surface area contributed by atoms with Gasteiger partial charge in [-0.25, -0.2) is 9.67 Å². The molecule has 0 spiro atoms. The predicted molar refractivity (Wildman–Crippen MR) is 84.1 cm³/mol. The molecule has 3 rings (SSSR count). The Morgan fingerprint density at radius 1 is 1.32 bits per heavy atom. The molecule has 1 saturated heterocycles. The Morgan fingerprint density at radius 2 is 2.14 bits per heavy atom. The van der Waals surface area contributed by atoms with Crippen LogP contribution in [0.15, 0.2) is 30.6 Å². The van der Waals surface area contributed by atoms with Gasteiger partial charge in [0.1, 0.15) is 0 Å². The summed E-state index contributed by atoms with van der Waals surface area (Å²) in [5, 5.41) is 4.34. The highest BCUT2D eigenvalue weighted by molar-refractivity contribution is 5.95. The molecule has 22 heavy (non-hydrogen) atoms. The summed E-state index contributed by atoms with van der Waals surface area (Å²) in [6.45, 7) is 6.56. The fourth-order valence-electron chi connectivity index (χ4n) is 2.93. The van der Waals surface area contributed by atoms with E-state index in [1.165, 1.54) is 0 Å². The second-order valence-corrected chi connectivity index (χ2v) is 5.85. The van der Waals surface area contributed by atoms with Gasteiger partial charge in [0.2, 0.25) is 0 Å². The van der Waals surface area contributed by atoms with Gasteiger partial charge >= 0.3 is 0 Å². The minimum Gasteiger partial charge on any atom is -0.333 e. The minimum atomic E-state index is 0.0558. The van der Waals surface area contributed by atoms with E-state index in [1.807, 2.05) is 30.0 Å². The first-order valence-electron chi connectivity index (χ1n) is 7.53. The first kappa shape index (κ1) is 14.7. The number of hydrogen-bond donors (Lipinski definition) is 0. The van der Waals surface area contributed by atoms with Crippen molar-refractivity contribution in [2.45, 2.75) is 19.9 Å². The summed E-state index contributed by atoms with van der Waals surface area (Å²) < 4.78 is 1.72. The van der Waals surface area contributed by atoms with E-state index >= 15 is 0 Å². The van der Waals surface area contributed by atoms with Gasteiger partial charge in [-0.15, -0.1) is 0 Å². The smallest absolute Gasteiger partial charge is 0.257 e. The summed E-state index contributed by atoms with van der Waals surface area (Å²) in [6, 6.07) is 5.87. The third kappa shape index (κ3) is 2.62. The summed E-state index contributed by atoms with van der Waals surface area (Å²) in [6.07, 6.45) is 3.37. The molecule has 6 heteroatoms. The highest BCUT2D eigenvalue weighted by Gasteiger charge is 2.28. The van der Waals surface area contributed by atoms with Gasteiger partial charge in [-0.2, -0.15) is 5.10 Å². The van der Waals surface area contributed by atoms with Gasteiger partial charge in [-0.3, -0.25) is 4.79 Å². The molecule has 3 heterocycles. The molecule has 0 radical (unpaired) electrons. The topological polar surface area (TPSA) is 54.3 Å². The standard InChI is InChI=1S/C16H21N5O/c1-12-11-19(3)8-9-20(12)16(22)14-10-18-21(13(14)2)15-6-4-5-7-17-15/h4-7,10,12H,8-9,11H2,1-3H3/t12-/m1/s1. The highest BCUT2D eigenvalue weighted by Crippen LogP contribution is 2.17. The second-order valence-electron chi connectivity index (χ2n) is 5.85. The summed E-state index contributed by atoms with van der Waals surface area (Å²) in [7, 11) is 2.09. The lowest BCUT2D eigenvalue weighted by Crippen LogP contribution is -2.52. The summed E-state index contributed by atoms with van der Waals surface area (Å²) in [4.78, 5) is 21.3. The van der Waals surface area contributed by atoms with Gasteiger partial charge < -0.3 is 9.80 Å². The molecule has 2 aromatic heterocycles. The molecule has 2 aromatic rings. The second kappa shape index (κ2) is 5.88. The van der Waals surface area contributed by atoms with Crippen LogP contribution < -0.4 is 0 Å². The van der Waals surface area contributed by atoms with Crippen LogP contribution in [0.2, 0.25) is 0 Å². The van der Waals surface area contributed by atoms with Gasteiger partial charge in [0.15, 0.2) is 5.82 Å². The molecule has 0 bridgehead atoms. The first-order valence-corrected chi connectivity index (χ1v) is 7.53. The molecular weight excluding hydrogens is 278 g/mol. The maximum absolute atomic E-state index is 12.8. The van der Waals surface area contributed by atoms with Crippen molar-refractivity contribution in [3.8, 4) is 5.82 Å². The van der Waals surface area contributed by atoms with E-state index < -0.39 is 0 Å². The minimum absolute atomic E-state index is 0.0558. The Morgan fingerprint density at radius 3 is 2.82 bits per heavy atom. The van der Waals surface area contributed by atoms with E-state index in [2.05, 4.69) is 29.0 Å². The van der Waals surface area contributed by atoms with Crippen molar-refractivity contribution in [3.63, 3.8) is 0 Å². The number of carbonyl (C=O) groups excluding carboxylic acids is 1. The fourth-order valence-corrected chi connectivity index (χ4v) is 2.93. The summed E-state index contributed by atoms with van der Waals surface area (Å²) >= 11 is 0. The van der Waals surface area contributed by atoms with Gasteiger partial charge in [0.05, 0.1) is 17.5 Å². The van der Waals surface area contributed by atoms with E-state index in [0.29, 0.717) is 5.56 Å². The van der Waals surface area contributed by atoms with Crippen LogP contribution in [0.5, 0.6) is 0 Å². The first-order chi connectivity index (χ1) is 10.6. The lowest BCUT2D eigenvalue weighted by Gasteiger charge is -2.38. The van der Waals surface area contributed by atoms with E-state index in [1.54, 1.807) is 17.1 Å². The average molecular weight is 299 g/mol. The SMILES string of the molecule is Cc1c(C(=O)N2CCN(C)C[C@H]2C)cnn1-c1ccccn1. The Hall–Kier alpha value is -2.21. The Labute approximate surface area is 130 Å². The molecule has 1 amide bonds. The average Bonchev–Trinajstić information content (AvgIpc) is 2.89. The number of nitrogens with zero attached hydrogens (tertiary/aromatic N) is 5. The van der Waals surface area contributed by atoms with E-state index in [-0.39, 0.29) is 11.9 Å². The lowest BCUT2D eigenvalue weighted by molar-refractivity contribution is 0.0533. The van der Waals surface area contributed by atoms with Crippen molar-refractivity contribution in [3.05, 3.63) is 41.9 Å². The molecule has 0 saturated carbocycles. The van der Waals surface area contributed by atoms with Crippen molar-refractivity contribution in [1.29, 1.82) is 0 Å². The van der Waals surface area contributed by atoms with Gasteiger partial charge in [-0.1, -0.05) is 6.07 Å². The van der Waals surface area contributed by atoms with Crippen LogP contribution in [0.3, 0.4) is 0 Å². The molecule has 1 aliphatic rings. The highest BCUT2D eigenvalue weighted by atomic mass is 16.2. The molecule has 0 aliphatic carbocycles. The molecule has 1 fully saturated rings. The van der Waals surface area contributed by atoms with Crippen LogP contribution in [0, 0.1) is 6.92 Å². The Balaban J connectivity index is 1.87. The van der Waals surface area contributed by atoms with Gasteiger partial charge in [0.25, 0.3) is 5.91 Å². The number of rotatable bonds is 2. The number of pyridine rings is 1. The van der Waals surface area contributed by atoms with E-state index in [0.717, 1.165) is 31.1 Å². The predicted octanol–water partition coefficient (Wildman–Crippen LogP) is 1.35. The molecule has 0 aromatic carbocycles. The zero-order valence-electron chi connectivity index (χ0n) is 13.2. The molecule has 116 valence electrons. The Bertz CT molecular complexity index is 666. The maximum Gasteiger partial charge on any atom is 0.257 e. The fraction of sp³-hybridized carbons (Fsp3) is 0.438. The molecular formula is C16H21N5O. The van der Waals surface area contributed by atoms with Crippen LogP contribution >= 0.6 is 0 Å². The van der Waals surface area contributed by atoms with Crippen LogP contribution in [0.1, 0.15) is 23.0 Å². The van der Waals surface area contributed by atoms with Crippen molar-refractivity contribution >= 4 is 5.91 Å². The van der Waals surface area contributed by atoms with Crippen molar-refractivity contribution in [2.75, 3.05) is 26.7 Å². The number of piperazine rings is 1. The number of aromatic nitrogens is 3. The van der Waals surface area contributed by atoms with Crippen LogP contribution in [-0.2, 0) is 0 Å². The largest absolute Gasteiger partial charge is 0.333 e. The maximum atomic E-state index is 12.8. The monoisotopic (exact) mass is 299 g/mol. The van der Waals surface area contributed by atoms with E-state index in [9.17, 15) is 4.79 Å². The number of likely N-dealkylation sites (N-methyl/N-ethyl adjacent to an activating group) is 1. The Kier molecular flexibility index (Phi) is 3.94. The van der Waals surface area contributed by atoms with Crippen LogP contribution in [0.25, 0.3) is 5.82 Å². The molecule has 1 atom stereocenters. The quantitative estimate of drug-likeness (QED) is 0.840. The molecule has 0 unspecified atom stereocenters. The molecule has 0 N–H and O–H groups in total.